The van der Waals surface area contributed by atoms with Gasteiger partial charge in [-0.15, -0.1) is 0 Å². The van der Waals surface area contributed by atoms with Crippen LogP contribution in [0.1, 0.15) is 92.9 Å². The molecule has 0 aliphatic rings. The number of aliphatic hydroxyl groups is 1. The average molecular weight is 535 g/mol. The van der Waals surface area contributed by atoms with Crippen LogP contribution >= 0.6 is 0 Å². The number of unbranched alkanes of at least 4 members (excludes halogenated alkanes) is 4. The van der Waals surface area contributed by atoms with Crippen molar-refractivity contribution in [1.29, 1.82) is 0 Å². The largest absolute Gasteiger partial charge is 0.396 e. The summed E-state index contributed by atoms with van der Waals surface area (Å²) in [6.45, 7) is 20.4. The Morgan fingerprint density at radius 1 is 0.486 bits per heavy atom. The van der Waals surface area contributed by atoms with Crippen LogP contribution in [-0.4, -0.2) is 91.0 Å². The van der Waals surface area contributed by atoms with Gasteiger partial charge in [0.15, 0.2) is 0 Å². The van der Waals surface area contributed by atoms with E-state index in [1.165, 1.54) is 0 Å². The van der Waals surface area contributed by atoms with Gasteiger partial charge in [0.05, 0.1) is 59.5 Å². The molecule has 0 fully saturated rings. The first-order valence-electron chi connectivity index (χ1n) is 15.0. The molecule has 224 valence electrons. The molecule has 0 rings (SSSR count). The number of rotatable bonds is 29. The van der Waals surface area contributed by atoms with E-state index in [4.69, 9.17) is 28.4 Å². The van der Waals surface area contributed by atoms with Crippen molar-refractivity contribution in [3.05, 3.63) is 0 Å². The van der Waals surface area contributed by atoms with Crippen LogP contribution in [0.2, 0.25) is 0 Å². The van der Waals surface area contributed by atoms with Crippen LogP contribution in [0.25, 0.3) is 0 Å². The van der Waals surface area contributed by atoms with E-state index < -0.39 is 0 Å². The fourth-order valence-corrected chi connectivity index (χ4v) is 3.61. The molecular weight excluding hydrogens is 472 g/mol. The molecule has 0 aliphatic carbocycles. The van der Waals surface area contributed by atoms with Crippen LogP contribution in [0, 0.1) is 16.7 Å². The Bertz CT molecular complexity index is 411. The fourth-order valence-electron chi connectivity index (χ4n) is 3.61. The Morgan fingerprint density at radius 3 is 1.00 bits per heavy atom. The Hall–Kier alpha value is -0.280. The molecule has 37 heavy (non-hydrogen) atoms. The van der Waals surface area contributed by atoms with Gasteiger partial charge in [0.1, 0.15) is 0 Å². The van der Waals surface area contributed by atoms with E-state index in [0.29, 0.717) is 52.9 Å². The van der Waals surface area contributed by atoms with Crippen LogP contribution in [0.4, 0.5) is 0 Å². The summed E-state index contributed by atoms with van der Waals surface area (Å²) in [7, 11) is 0. The van der Waals surface area contributed by atoms with Crippen LogP contribution in [0.3, 0.4) is 0 Å². The number of ether oxygens (including phenoxy) is 6. The minimum absolute atomic E-state index is 0.0213. The highest BCUT2D eigenvalue weighted by Gasteiger charge is 2.28. The maximum Gasteiger partial charge on any atom is 0.0564 e. The smallest absolute Gasteiger partial charge is 0.0564 e. The van der Waals surface area contributed by atoms with Gasteiger partial charge in [0, 0.05) is 43.2 Å². The molecule has 7 heteroatoms. The third-order valence-electron chi connectivity index (χ3n) is 6.24. The van der Waals surface area contributed by atoms with Gasteiger partial charge < -0.3 is 33.5 Å². The first-order chi connectivity index (χ1) is 17.9. The van der Waals surface area contributed by atoms with Crippen molar-refractivity contribution < 1.29 is 33.5 Å². The predicted molar refractivity (Wildman–Crippen MR) is 151 cm³/mol. The normalized spacial score (nSPS) is 12.6. The highest BCUT2D eigenvalue weighted by Crippen LogP contribution is 2.21. The highest BCUT2D eigenvalue weighted by atomic mass is 16.5. The Labute approximate surface area is 229 Å². The first-order valence-corrected chi connectivity index (χ1v) is 15.0. The Balaban J connectivity index is 4.64. The van der Waals surface area contributed by atoms with Gasteiger partial charge in [0.2, 0.25) is 0 Å². The lowest BCUT2D eigenvalue weighted by atomic mass is 9.94. The lowest BCUT2D eigenvalue weighted by Crippen LogP contribution is -2.37. The van der Waals surface area contributed by atoms with Gasteiger partial charge in [-0.05, 0) is 25.7 Å². The SMILES string of the molecule is CCCCOCC(C)(COCCCC)COCC(CO)COCC(C)(COCCCC)COCCCC. The Kier molecular flexibility index (Phi) is 24.6. The van der Waals surface area contributed by atoms with Crippen LogP contribution < -0.4 is 0 Å². The monoisotopic (exact) mass is 534 g/mol. The zero-order valence-corrected chi connectivity index (χ0v) is 25.3. The first kappa shape index (κ1) is 36.7. The summed E-state index contributed by atoms with van der Waals surface area (Å²) in [5.41, 5.74) is -0.431. The van der Waals surface area contributed by atoms with Crippen LogP contribution in [-0.2, 0) is 28.4 Å². The number of hydrogen-bond acceptors (Lipinski definition) is 7. The molecule has 0 heterocycles. The van der Waals surface area contributed by atoms with Crippen molar-refractivity contribution in [3.8, 4) is 0 Å². The number of aliphatic hydroxyl groups excluding tert-OH is 1. The van der Waals surface area contributed by atoms with E-state index in [1.807, 2.05) is 0 Å². The minimum atomic E-state index is -0.216. The van der Waals surface area contributed by atoms with Crippen LogP contribution in [0.15, 0.2) is 0 Å². The van der Waals surface area contributed by atoms with Gasteiger partial charge in [-0.1, -0.05) is 67.2 Å². The zero-order chi connectivity index (χ0) is 27.7. The molecule has 0 saturated carbocycles. The molecule has 7 nitrogen and oxygen atoms in total. The second-order valence-corrected chi connectivity index (χ2v) is 11.3. The predicted octanol–water partition coefficient (Wildman–Crippen LogP) is 5.91. The van der Waals surface area contributed by atoms with E-state index in [9.17, 15) is 5.11 Å². The molecule has 0 aromatic heterocycles. The molecule has 0 saturated heterocycles. The topological polar surface area (TPSA) is 75.6 Å². The molecule has 0 unspecified atom stereocenters. The maximum atomic E-state index is 9.93. The summed E-state index contributed by atoms with van der Waals surface area (Å²) in [4.78, 5) is 0. The van der Waals surface area contributed by atoms with E-state index >= 15 is 0 Å². The summed E-state index contributed by atoms with van der Waals surface area (Å²) in [5, 5.41) is 9.93. The third-order valence-corrected chi connectivity index (χ3v) is 6.24. The molecule has 0 aromatic carbocycles. The van der Waals surface area contributed by atoms with Gasteiger partial charge >= 0.3 is 0 Å². The summed E-state index contributed by atoms with van der Waals surface area (Å²) in [6.07, 6.45) is 8.71. The van der Waals surface area contributed by atoms with Gasteiger partial charge in [0.25, 0.3) is 0 Å². The maximum absolute atomic E-state index is 9.93. The Morgan fingerprint density at radius 2 is 0.757 bits per heavy atom. The van der Waals surface area contributed by atoms with Crippen molar-refractivity contribution >= 4 is 0 Å². The fraction of sp³-hybridized carbons (Fsp3) is 1.00. The summed E-state index contributed by atoms with van der Waals surface area (Å²) in [6, 6.07) is 0. The quantitative estimate of drug-likeness (QED) is 0.120. The molecule has 0 aliphatic heterocycles. The molecule has 1 N–H and O–H groups in total. The summed E-state index contributed by atoms with van der Waals surface area (Å²) < 4.78 is 35.8. The lowest BCUT2D eigenvalue weighted by Gasteiger charge is -2.31. The van der Waals surface area contributed by atoms with Crippen molar-refractivity contribution in [2.45, 2.75) is 92.9 Å². The average Bonchev–Trinajstić information content (AvgIpc) is 2.89. The van der Waals surface area contributed by atoms with Crippen molar-refractivity contribution in [1.82, 2.24) is 0 Å². The minimum Gasteiger partial charge on any atom is -0.396 e. The van der Waals surface area contributed by atoms with Crippen molar-refractivity contribution in [2.24, 2.45) is 16.7 Å². The molecule has 0 aromatic rings. The van der Waals surface area contributed by atoms with Gasteiger partial charge in [-0.3, -0.25) is 0 Å². The number of hydrogen-bond donors (Lipinski definition) is 1. The van der Waals surface area contributed by atoms with E-state index in [-0.39, 0.29) is 23.4 Å². The molecule has 0 spiro atoms. The molecular formula is C30H62O7. The second-order valence-electron chi connectivity index (χ2n) is 11.3. The zero-order valence-electron chi connectivity index (χ0n) is 25.3. The standard InChI is InChI=1S/C30H62O7/c1-7-11-15-32-22-29(5,23-33-16-12-8-2)26-36-20-28(19-31)21-37-27-30(6,24-34-17-13-9-3)25-35-18-14-10-4/h28,31H,7-27H2,1-6H3. The summed E-state index contributed by atoms with van der Waals surface area (Å²) in [5.74, 6) is -0.0856. The molecule has 0 atom stereocenters. The lowest BCUT2D eigenvalue weighted by molar-refractivity contribution is -0.0869. The van der Waals surface area contributed by atoms with E-state index in [1.54, 1.807) is 0 Å². The highest BCUT2D eigenvalue weighted by molar-refractivity contribution is 4.75. The second kappa shape index (κ2) is 24.7. The van der Waals surface area contributed by atoms with Crippen molar-refractivity contribution in [3.63, 3.8) is 0 Å². The van der Waals surface area contributed by atoms with Gasteiger partial charge in [-0.2, -0.15) is 0 Å². The summed E-state index contributed by atoms with van der Waals surface area (Å²) >= 11 is 0. The van der Waals surface area contributed by atoms with Crippen LogP contribution in [0.5, 0.6) is 0 Å². The van der Waals surface area contributed by atoms with E-state index in [0.717, 1.165) is 77.8 Å². The molecule has 0 bridgehead atoms. The van der Waals surface area contributed by atoms with E-state index in [2.05, 4.69) is 41.5 Å². The van der Waals surface area contributed by atoms with Crippen molar-refractivity contribution in [2.75, 3.05) is 85.9 Å². The van der Waals surface area contributed by atoms with Gasteiger partial charge in [-0.25, -0.2) is 0 Å². The third kappa shape index (κ3) is 21.2. The molecule has 0 amide bonds. The molecule has 0 radical (unpaired) electrons.